The average molecular weight is 570 g/mol. The van der Waals surface area contributed by atoms with Gasteiger partial charge in [-0.3, -0.25) is 9.58 Å². The van der Waals surface area contributed by atoms with Crippen molar-refractivity contribution >= 4 is 17.0 Å². The molecule has 0 amide bonds. The number of halogens is 3. The number of imidazole rings is 1. The van der Waals surface area contributed by atoms with E-state index in [1.54, 1.807) is 29.1 Å². The molecule has 6 rings (SSSR count). The molecule has 0 spiro atoms. The molecule has 216 valence electrons. The SMILES string of the molecule is CCn1ccc(COc2cc3c(cc2C(F)(F)F)CCN(Cc2nc4ccc(C(=O)O)cc4n2C[C@@H]2CCO2)C3)n1. The molecule has 2 aliphatic rings. The molecule has 0 saturated carbocycles. The van der Waals surface area contributed by atoms with Crippen molar-refractivity contribution in [2.45, 2.75) is 64.8 Å². The van der Waals surface area contributed by atoms with Crippen molar-refractivity contribution in [3.05, 3.63) is 76.4 Å². The summed E-state index contributed by atoms with van der Waals surface area (Å²) in [7, 11) is 0. The predicted octanol–water partition coefficient (Wildman–Crippen LogP) is 4.90. The van der Waals surface area contributed by atoms with Crippen LogP contribution in [-0.4, -0.2) is 54.6 Å². The molecule has 2 aromatic carbocycles. The van der Waals surface area contributed by atoms with Crippen molar-refractivity contribution < 1.29 is 32.5 Å². The quantitative estimate of drug-likeness (QED) is 0.307. The first kappa shape index (κ1) is 27.3. The van der Waals surface area contributed by atoms with E-state index < -0.39 is 17.7 Å². The van der Waals surface area contributed by atoms with Crippen LogP contribution in [0.3, 0.4) is 0 Å². The molecule has 12 heteroatoms. The number of benzene rings is 2. The first-order chi connectivity index (χ1) is 19.7. The summed E-state index contributed by atoms with van der Waals surface area (Å²) in [4.78, 5) is 18.5. The van der Waals surface area contributed by atoms with Crippen LogP contribution < -0.4 is 4.74 Å². The fourth-order valence-electron chi connectivity index (χ4n) is 5.39. The van der Waals surface area contributed by atoms with Crippen LogP contribution >= 0.6 is 0 Å². The number of aryl methyl sites for hydroxylation is 1. The maximum absolute atomic E-state index is 14.0. The zero-order chi connectivity index (χ0) is 28.7. The second kappa shape index (κ2) is 10.8. The average Bonchev–Trinajstić information content (AvgIpc) is 3.52. The predicted molar refractivity (Wildman–Crippen MR) is 143 cm³/mol. The molecule has 0 aliphatic carbocycles. The number of fused-ring (bicyclic) bond motifs is 2. The van der Waals surface area contributed by atoms with Gasteiger partial charge in [0.2, 0.25) is 0 Å². The molecule has 0 unspecified atom stereocenters. The van der Waals surface area contributed by atoms with E-state index in [0.717, 1.165) is 23.3 Å². The highest BCUT2D eigenvalue weighted by Crippen LogP contribution is 2.40. The summed E-state index contributed by atoms with van der Waals surface area (Å²) in [5.74, 6) is -0.459. The fourth-order valence-corrected chi connectivity index (χ4v) is 5.39. The Labute approximate surface area is 234 Å². The van der Waals surface area contributed by atoms with Crippen LogP contribution in [0.1, 0.15) is 51.9 Å². The normalized spacial score (nSPS) is 17.4. The molecule has 1 fully saturated rings. The number of ether oxygens (including phenoxy) is 2. The van der Waals surface area contributed by atoms with Gasteiger partial charge < -0.3 is 19.1 Å². The third-order valence-electron chi connectivity index (χ3n) is 7.71. The highest BCUT2D eigenvalue weighted by atomic mass is 19.4. The third-order valence-corrected chi connectivity index (χ3v) is 7.71. The van der Waals surface area contributed by atoms with E-state index in [0.29, 0.717) is 62.5 Å². The Hall–Kier alpha value is -3.90. The van der Waals surface area contributed by atoms with Crippen LogP contribution in [0.5, 0.6) is 5.75 Å². The van der Waals surface area contributed by atoms with Gasteiger partial charge in [0.1, 0.15) is 18.2 Å². The summed E-state index contributed by atoms with van der Waals surface area (Å²) in [6.07, 6.45) is -1.38. The number of hydrogen-bond acceptors (Lipinski definition) is 6. The van der Waals surface area contributed by atoms with E-state index in [1.165, 1.54) is 18.2 Å². The number of carboxylic acids is 1. The summed E-state index contributed by atoms with van der Waals surface area (Å²) >= 11 is 0. The molecule has 4 aromatic rings. The van der Waals surface area contributed by atoms with Crippen LogP contribution in [0.25, 0.3) is 11.0 Å². The lowest BCUT2D eigenvalue weighted by molar-refractivity contribution is -0.139. The zero-order valence-corrected chi connectivity index (χ0v) is 22.5. The van der Waals surface area contributed by atoms with Gasteiger partial charge in [-0.1, -0.05) is 0 Å². The van der Waals surface area contributed by atoms with Crippen molar-refractivity contribution in [2.75, 3.05) is 13.2 Å². The van der Waals surface area contributed by atoms with Crippen LogP contribution in [-0.2, 0) is 50.1 Å². The van der Waals surface area contributed by atoms with Crippen LogP contribution in [0.2, 0.25) is 0 Å². The van der Waals surface area contributed by atoms with Gasteiger partial charge in [0.25, 0.3) is 0 Å². The van der Waals surface area contributed by atoms with Gasteiger partial charge in [-0.2, -0.15) is 18.3 Å². The van der Waals surface area contributed by atoms with E-state index in [4.69, 9.17) is 14.5 Å². The molecule has 0 radical (unpaired) electrons. The largest absolute Gasteiger partial charge is 0.487 e. The minimum absolute atomic E-state index is 0.0333. The molecular weight excluding hydrogens is 539 g/mol. The monoisotopic (exact) mass is 569 g/mol. The summed E-state index contributed by atoms with van der Waals surface area (Å²) in [5, 5.41) is 13.8. The summed E-state index contributed by atoms with van der Waals surface area (Å²) in [5.41, 5.74) is 2.80. The number of alkyl halides is 3. The van der Waals surface area contributed by atoms with E-state index in [2.05, 4.69) is 10.00 Å². The molecule has 1 saturated heterocycles. The van der Waals surface area contributed by atoms with Crippen LogP contribution in [0.15, 0.2) is 42.6 Å². The Bertz CT molecular complexity index is 1590. The molecule has 0 bridgehead atoms. The van der Waals surface area contributed by atoms with Crippen LogP contribution in [0.4, 0.5) is 13.2 Å². The maximum atomic E-state index is 14.0. The van der Waals surface area contributed by atoms with Crippen molar-refractivity contribution in [1.82, 2.24) is 24.2 Å². The second-order valence-electron chi connectivity index (χ2n) is 10.5. The van der Waals surface area contributed by atoms with Gasteiger partial charge in [0.05, 0.1) is 47.0 Å². The lowest BCUT2D eigenvalue weighted by Gasteiger charge is -2.31. The first-order valence-electron chi connectivity index (χ1n) is 13.6. The van der Waals surface area contributed by atoms with E-state index in [-0.39, 0.29) is 24.0 Å². The second-order valence-corrected chi connectivity index (χ2v) is 10.5. The summed E-state index contributed by atoms with van der Waals surface area (Å²) < 4.78 is 56.9. The standard InChI is InChI=1S/C29H30F3N5O4/c1-2-36-9-6-21(34-36)17-41-26-13-20-14-35(8-5-18(20)11-23(26)29(30,31)32)16-27-33-24-4-3-19(28(38)39)12-25(24)37(27)15-22-7-10-40-22/h3-4,6,9,11-13,22H,2,5,7-8,10,14-17H2,1H3,(H,38,39)/t22-/m0/s1. The van der Waals surface area contributed by atoms with Gasteiger partial charge in [0.15, 0.2) is 0 Å². The number of rotatable bonds is 9. The lowest BCUT2D eigenvalue weighted by Crippen LogP contribution is -2.34. The highest BCUT2D eigenvalue weighted by molar-refractivity contribution is 5.92. The van der Waals surface area contributed by atoms with Crippen molar-refractivity contribution in [3.63, 3.8) is 0 Å². The molecule has 2 aromatic heterocycles. The number of aromatic nitrogens is 4. The number of carboxylic acid groups (broad SMARTS) is 1. The number of nitrogens with zero attached hydrogens (tertiary/aromatic N) is 5. The first-order valence-corrected chi connectivity index (χ1v) is 13.6. The molecule has 41 heavy (non-hydrogen) atoms. The van der Waals surface area contributed by atoms with E-state index in [1.807, 2.05) is 11.5 Å². The minimum Gasteiger partial charge on any atom is -0.487 e. The third kappa shape index (κ3) is 5.66. The molecule has 9 nitrogen and oxygen atoms in total. The molecular formula is C29H30F3N5O4. The highest BCUT2D eigenvalue weighted by Gasteiger charge is 2.36. The number of carbonyl (C=O) groups is 1. The van der Waals surface area contributed by atoms with Gasteiger partial charge in [0, 0.05) is 32.4 Å². The summed E-state index contributed by atoms with van der Waals surface area (Å²) in [6.45, 7) is 5.21. The Morgan fingerprint density at radius 2 is 2.02 bits per heavy atom. The van der Waals surface area contributed by atoms with Crippen molar-refractivity contribution in [3.8, 4) is 5.75 Å². The number of aromatic carboxylic acids is 1. The van der Waals surface area contributed by atoms with Crippen LogP contribution in [0, 0.1) is 0 Å². The Balaban J connectivity index is 1.26. The topological polar surface area (TPSA) is 94.6 Å². The van der Waals surface area contributed by atoms with Crippen molar-refractivity contribution in [2.24, 2.45) is 0 Å². The molecule has 1 atom stereocenters. The van der Waals surface area contributed by atoms with Gasteiger partial charge >= 0.3 is 12.1 Å². The fraction of sp³-hybridized carbons (Fsp3) is 0.414. The smallest absolute Gasteiger partial charge is 0.419 e. The van der Waals surface area contributed by atoms with Crippen molar-refractivity contribution in [1.29, 1.82) is 0 Å². The molecule has 4 heterocycles. The van der Waals surface area contributed by atoms with Gasteiger partial charge in [-0.15, -0.1) is 0 Å². The Morgan fingerprint density at radius 1 is 1.20 bits per heavy atom. The lowest BCUT2D eigenvalue weighted by atomic mass is 9.96. The minimum atomic E-state index is -4.55. The molecule has 1 N–H and O–H groups in total. The molecule has 2 aliphatic heterocycles. The zero-order valence-electron chi connectivity index (χ0n) is 22.5. The Kier molecular flexibility index (Phi) is 7.20. The number of hydrogen-bond donors (Lipinski definition) is 1. The van der Waals surface area contributed by atoms with Gasteiger partial charge in [-0.05, 0) is 67.3 Å². The van der Waals surface area contributed by atoms with Gasteiger partial charge in [-0.25, -0.2) is 9.78 Å². The Morgan fingerprint density at radius 3 is 2.71 bits per heavy atom. The van der Waals surface area contributed by atoms with E-state index >= 15 is 0 Å². The van der Waals surface area contributed by atoms with E-state index in [9.17, 15) is 23.1 Å². The summed E-state index contributed by atoms with van der Waals surface area (Å²) in [6, 6.07) is 9.32. The maximum Gasteiger partial charge on any atom is 0.419 e.